The van der Waals surface area contributed by atoms with Crippen LogP contribution in [-0.4, -0.2) is 62.8 Å². The Bertz CT molecular complexity index is 1260. The van der Waals surface area contributed by atoms with Crippen molar-refractivity contribution in [1.82, 2.24) is 14.9 Å². The van der Waals surface area contributed by atoms with Gasteiger partial charge in [-0.3, -0.25) is 13.9 Å². The number of nitrogens with two attached hydrogens (primary N) is 1. The van der Waals surface area contributed by atoms with Crippen molar-refractivity contribution in [3.05, 3.63) is 23.2 Å². The Balaban J connectivity index is 1.28. The average molecular weight is 581 g/mol. The average Bonchev–Trinajstić information content (AvgIpc) is 2.84. The molecule has 4 aliphatic carbocycles. The summed E-state index contributed by atoms with van der Waals surface area (Å²) in [4.78, 5) is 37.3. The highest BCUT2D eigenvalue weighted by atomic mass is 35.5. The Morgan fingerprint density at radius 3 is 2.44 bits per heavy atom. The minimum absolute atomic E-state index is 0.0536. The van der Waals surface area contributed by atoms with Gasteiger partial charge >= 0.3 is 16.2 Å². The zero-order chi connectivity index (χ0) is 28.1. The summed E-state index contributed by atoms with van der Waals surface area (Å²) in [5, 5.41) is 8.58. The molecule has 1 saturated heterocycles. The number of halogens is 1. The molecule has 3 atom stereocenters. The molecule has 1 aliphatic heterocycles. The van der Waals surface area contributed by atoms with Gasteiger partial charge in [-0.25, -0.2) is 4.79 Å². The molecule has 1 heterocycles. The summed E-state index contributed by atoms with van der Waals surface area (Å²) in [6, 6.07) is 4.20. The van der Waals surface area contributed by atoms with Gasteiger partial charge in [0.15, 0.2) is 0 Å². The third-order valence-electron chi connectivity index (χ3n) is 8.85. The first-order valence-electron chi connectivity index (χ1n) is 13.6. The maximum atomic E-state index is 13.6. The maximum Gasteiger partial charge on any atom is 0.319 e. The first kappa shape index (κ1) is 28.0. The van der Waals surface area contributed by atoms with Gasteiger partial charge in [-0.2, -0.15) is 12.7 Å². The third-order valence-corrected chi connectivity index (χ3v) is 11.0. The molecule has 0 aromatic heterocycles. The van der Waals surface area contributed by atoms with Crippen molar-refractivity contribution < 1.29 is 22.8 Å². The molecule has 5 N–H and O–H groups in total. The summed E-state index contributed by atoms with van der Waals surface area (Å²) in [5.41, 5.74) is 6.05. The van der Waals surface area contributed by atoms with Gasteiger partial charge in [0, 0.05) is 36.8 Å². The van der Waals surface area contributed by atoms with Crippen LogP contribution in [0.2, 0.25) is 5.02 Å². The third kappa shape index (κ3) is 5.30. The fourth-order valence-electron chi connectivity index (χ4n) is 7.46. The molecule has 0 spiro atoms. The van der Waals surface area contributed by atoms with Gasteiger partial charge in [-0.15, -0.1) is 0 Å². The lowest BCUT2D eigenvalue weighted by molar-refractivity contribution is -0.147. The lowest BCUT2D eigenvalue weighted by Gasteiger charge is -2.58. The van der Waals surface area contributed by atoms with Gasteiger partial charge in [-0.05, 0) is 80.9 Å². The number of hydrogen-bond acceptors (Lipinski definition) is 5. The van der Waals surface area contributed by atoms with Crippen molar-refractivity contribution >= 4 is 51.0 Å². The second-order valence-electron chi connectivity index (χ2n) is 11.8. The van der Waals surface area contributed by atoms with E-state index in [1.54, 1.807) is 19.1 Å². The fourth-order valence-corrected chi connectivity index (χ4v) is 9.65. The van der Waals surface area contributed by atoms with Crippen LogP contribution in [-0.2, 0) is 19.8 Å². The molecule has 4 amide bonds. The van der Waals surface area contributed by atoms with Crippen molar-refractivity contribution in [1.29, 1.82) is 0 Å². The molecular formula is C26H37ClN6O5S. The predicted octanol–water partition coefficient (Wildman–Crippen LogP) is 2.28. The normalized spacial score (nSPS) is 33.0. The highest BCUT2D eigenvalue weighted by Crippen LogP contribution is 2.59. The monoisotopic (exact) mass is 580 g/mol. The molecule has 4 saturated carbocycles. The summed E-state index contributed by atoms with van der Waals surface area (Å²) in [6.45, 7) is 4.32. The second-order valence-corrected chi connectivity index (χ2v) is 14.1. The first-order chi connectivity index (χ1) is 18.4. The summed E-state index contributed by atoms with van der Waals surface area (Å²) in [5.74, 6) is 0.213. The Morgan fingerprint density at radius 2 is 1.82 bits per heavy atom. The topological polar surface area (TPSA) is 154 Å². The fraction of sp³-hybridized carbons (Fsp3) is 0.654. The van der Waals surface area contributed by atoms with Gasteiger partial charge in [0.2, 0.25) is 11.8 Å². The maximum absolute atomic E-state index is 13.6. The number of amides is 4. The van der Waals surface area contributed by atoms with E-state index in [0.717, 1.165) is 19.3 Å². The second kappa shape index (κ2) is 10.4. The quantitative estimate of drug-likeness (QED) is 0.389. The molecule has 1 aromatic rings. The van der Waals surface area contributed by atoms with Crippen LogP contribution < -0.4 is 26.0 Å². The van der Waals surface area contributed by atoms with Crippen LogP contribution in [0.3, 0.4) is 0 Å². The molecule has 4 bridgehead atoms. The highest BCUT2D eigenvalue weighted by molar-refractivity contribution is 7.90. The molecular weight excluding hydrogens is 544 g/mol. The minimum atomic E-state index is -4.03. The van der Waals surface area contributed by atoms with Crippen LogP contribution in [0.1, 0.15) is 46.0 Å². The van der Waals surface area contributed by atoms with Gasteiger partial charge in [-0.1, -0.05) is 18.5 Å². The SMILES string of the molecule is CCNC(=O)Nc1ccc(N2CC(C)CN(CC(=O)NC3C4CC5CC3CC(C(N)=O)(C5)C4)S2(=O)=O)c(Cl)c1. The van der Waals surface area contributed by atoms with Crippen LogP contribution >= 0.6 is 11.6 Å². The predicted molar refractivity (Wildman–Crippen MR) is 148 cm³/mol. The summed E-state index contributed by atoms with van der Waals surface area (Å²) in [6.07, 6.45) is 4.16. The van der Waals surface area contributed by atoms with Crippen molar-refractivity contribution in [2.45, 2.75) is 52.0 Å². The van der Waals surface area contributed by atoms with Crippen molar-refractivity contribution in [2.75, 3.05) is 35.8 Å². The van der Waals surface area contributed by atoms with E-state index in [1.807, 2.05) is 6.92 Å². The standard InChI is InChI=1S/C26H37ClN6O5S/c1-3-29-25(36)30-19-4-5-21(20(27)8-19)33-13-15(2)12-32(39(33,37)38)14-22(34)31-23-17-6-16-7-18(23)11-26(9-16,10-17)24(28)35/h4-5,8,15-18,23H,3,6-7,9-14H2,1-2H3,(H2,28,35)(H,31,34)(H2,29,30,36). The molecule has 214 valence electrons. The van der Waals surface area contributed by atoms with Gasteiger partial charge in [0.05, 0.1) is 17.3 Å². The molecule has 1 aromatic carbocycles. The number of carbonyl (C=O) groups is 3. The molecule has 5 aliphatic rings. The van der Waals surface area contributed by atoms with Crippen LogP contribution in [0.5, 0.6) is 0 Å². The van der Waals surface area contributed by atoms with E-state index in [9.17, 15) is 22.8 Å². The first-order valence-corrected chi connectivity index (χ1v) is 15.4. The number of nitrogens with zero attached hydrogens (tertiary/aromatic N) is 2. The Morgan fingerprint density at radius 1 is 1.13 bits per heavy atom. The van der Waals surface area contributed by atoms with E-state index in [0.29, 0.717) is 31.0 Å². The van der Waals surface area contributed by atoms with Gasteiger partial charge < -0.3 is 21.7 Å². The number of urea groups is 1. The van der Waals surface area contributed by atoms with E-state index in [-0.39, 0.29) is 72.0 Å². The van der Waals surface area contributed by atoms with E-state index < -0.39 is 15.6 Å². The largest absolute Gasteiger partial charge is 0.369 e. The highest BCUT2D eigenvalue weighted by Gasteiger charge is 2.58. The van der Waals surface area contributed by atoms with E-state index in [4.69, 9.17) is 17.3 Å². The zero-order valence-electron chi connectivity index (χ0n) is 22.3. The number of anilines is 2. The molecule has 39 heavy (non-hydrogen) atoms. The summed E-state index contributed by atoms with van der Waals surface area (Å²) >= 11 is 6.48. The van der Waals surface area contributed by atoms with Crippen molar-refractivity contribution in [2.24, 2.45) is 34.8 Å². The van der Waals surface area contributed by atoms with E-state index in [1.165, 1.54) is 14.7 Å². The van der Waals surface area contributed by atoms with Crippen LogP contribution in [0.25, 0.3) is 0 Å². The molecule has 6 rings (SSSR count). The van der Waals surface area contributed by atoms with E-state index in [2.05, 4.69) is 16.0 Å². The van der Waals surface area contributed by atoms with Crippen LogP contribution in [0.4, 0.5) is 16.2 Å². The van der Waals surface area contributed by atoms with Crippen molar-refractivity contribution in [3.8, 4) is 0 Å². The molecule has 13 heteroatoms. The zero-order valence-corrected chi connectivity index (χ0v) is 23.9. The Kier molecular flexibility index (Phi) is 7.49. The Labute approximate surface area is 234 Å². The molecule has 5 fully saturated rings. The number of rotatable bonds is 7. The Hall–Kier alpha value is -2.57. The summed E-state index contributed by atoms with van der Waals surface area (Å²) in [7, 11) is -4.03. The number of nitrogens with one attached hydrogen (secondary N) is 3. The lowest BCUT2D eigenvalue weighted by atomic mass is 9.47. The van der Waals surface area contributed by atoms with E-state index >= 15 is 0 Å². The van der Waals surface area contributed by atoms with Crippen LogP contribution in [0, 0.1) is 29.1 Å². The molecule has 3 unspecified atom stereocenters. The molecule has 11 nitrogen and oxygen atoms in total. The minimum Gasteiger partial charge on any atom is -0.369 e. The van der Waals surface area contributed by atoms with Gasteiger partial charge in [0.1, 0.15) is 0 Å². The smallest absolute Gasteiger partial charge is 0.319 e. The number of carbonyl (C=O) groups excluding carboxylic acids is 3. The number of benzene rings is 1. The summed E-state index contributed by atoms with van der Waals surface area (Å²) < 4.78 is 29.7. The number of hydrogen-bond donors (Lipinski definition) is 4. The van der Waals surface area contributed by atoms with Crippen LogP contribution in [0.15, 0.2) is 18.2 Å². The van der Waals surface area contributed by atoms with Crippen molar-refractivity contribution in [3.63, 3.8) is 0 Å². The lowest BCUT2D eigenvalue weighted by Crippen LogP contribution is -2.63. The van der Waals surface area contributed by atoms with Gasteiger partial charge in [0.25, 0.3) is 0 Å². The molecule has 0 radical (unpaired) electrons. The number of primary amides is 1.